The van der Waals surface area contributed by atoms with Gasteiger partial charge >= 0.3 is 11.7 Å². The summed E-state index contributed by atoms with van der Waals surface area (Å²) in [6.45, 7) is 2.91. The molecule has 1 saturated carbocycles. The third-order valence-electron chi connectivity index (χ3n) is 4.89. The second kappa shape index (κ2) is 7.31. The van der Waals surface area contributed by atoms with E-state index in [9.17, 15) is 4.21 Å². The van der Waals surface area contributed by atoms with Gasteiger partial charge in [0, 0.05) is 29.4 Å². The van der Waals surface area contributed by atoms with Crippen molar-refractivity contribution in [1.82, 2.24) is 20.3 Å². The maximum Gasteiger partial charge on any atom is 0.479 e. The molecule has 6 nitrogen and oxygen atoms in total. The first-order valence-electron chi connectivity index (χ1n) is 8.27. The van der Waals surface area contributed by atoms with Gasteiger partial charge in [0.2, 0.25) is 0 Å². The Morgan fingerprint density at radius 2 is 2.17 bits per heavy atom. The molecule has 0 amide bonds. The monoisotopic (exact) mass is 334 g/mol. The molecule has 7 heteroatoms. The fourth-order valence-electron chi connectivity index (χ4n) is 3.58. The van der Waals surface area contributed by atoms with Crippen LogP contribution in [-0.4, -0.2) is 40.0 Å². The van der Waals surface area contributed by atoms with E-state index < -0.39 is 0 Å². The van der Waals surface area contributed by atoms with E-state index in [1.165, 1.54) is 0 Å². The smallest absolute Gasteiger partial charge is 0.356 e. The summed E-state index contributed by atoms with van der Waals surface area (Å²) in [6, 6.07) is 2.50. The molecule has 1 fully saturated rings. The molecule has 2 aromatic heterocycles. The maximum absolute atomic E-state index is 11.3. The van der Waals surface area contributed by atoms with Gasteiger partial charge in [-0.05, 0) is 38.3 Å². The van der Waals surface area contributed by atoms with E-state index in [0.717, 1.165) is 49.1 Å². The first-order valence-corrected chi connectivity index (χ1v) is 9.08. The molecule has 0 bridgehead atoms. The van der Waals surface area contributed by atoms with Gasteiger partial charge in [-0.2, -0.15) is 0 Å². The summed E-state index contributed by atoms with van der Waals surface area (Å²) < 4.78 is 11.3. The number of aromatic nitrogens is 3. The highest BCUT2D eigenvalue weighted by Gasteiger charge is 2.36. The number of H-pyrrole nitrogens is 1. The second-order valence-corrected chi connectivity index (χ2v) is 6.89. The summed E-state index contributed by atoms with van der Waals surface area (Å²) in [7, 11) is 2.11. The number of aromatic amines is 1. The molecule has 1 atom stereocenters. The van der Waals surface area contributed by atoms with Gasteiger partial charge in [0.05, 0.1) is 5.39 Å². The maximum atomic E-state index is 11.3. The molecule has 2 N–H and O–H groups in total. The SMILES string of the molecule is CCNC([S+]=O)[C@H]1CC[C@H](N(C)c2ncnc3[nH]ccc23)CC1. The number of rotatable bonds is 6. The van der Waals surface area contributed by atoms with Gasteiger partial charge in [0.1, 0.15) is 17.8 Å². The molecule has 23 heavy (non-hydrogen) atoms. The van der Waals surface area contributed by atoms with Crippen molar-refractivity contribution in [2.75, 3.05) is 18.5 Å². The third-order valence-corrected chi connectivity index (χ3v) is 5.65. The Kier molecular flexibility index (Phi) is 5.17. The van der Waals surface area contributed by atoms with E-state index in [0.29, 0.717) is 23.6 Å². The summed E-state index contributed by atoms with van der Waals surface area (Å²) >= 11 is 0.711. The second-order valence-electron chi connectivity index (χ2n) is 6.19. The highest BCUT2D eigenvalue weighted by atomic mass is 32.1. The van der Waals surface area contributed by atoms with Crippen LogP contribution in [-0.2, 0) is 15.9 Å². The number of fused-ring (bicyclic) bond motifs is 1. The van der Waals surface area contributed by atoms with Gasteiger partial charge in [0.15, 0.2) is 0 Å². The summed E-state index contributed by atoms with van der Waals surface area (Å²) in [5.41, 5.74) is 0.880. The van der Waals surface area contributed by atoms with Crippen molar-refractivity contribution in [2.24, 2.45) is 5.92 Å². The van der Waals surface area contributed by atoms with E-state index in [1.54, 1.807) is 6.33 Å². The van der Waals surface area contributed by atoms with Gasteiger partial charge < -0.3 is 9.88 Å². The van der Waals surface area contributed by atoms with Gasteiger partial charge in [-0.25, -0.2) is 9.97 Å². The average molecular weight is 334 g/mol. The Morgan fingerprint density at radius 3 is 2.87 bits per heavy atom. The summed E-state index contributed by atoms with van der Waals surface area (Å²) in [6.07, 6.45) is 7.89. The van der Waals surface area contributed by atoms with Crippen molar-refractivity contribution in [3.05, 3.63) is 18.6 Å². The molecule has 124 valence electrons. The molecule has 3 rings (SSSR count). The lowest BCUT2D eigenvalue weighted by atomic mass is 9.85. The molecular weight excluding hydrogens is 310 g/mol. The molecule has 0 radical (unpaired) electrons. The van der Waals surface area contributed by atoms with E-state index in [4.69, 9.17) is 0 Å². The molecule has 2 aromatic rings. The van der Waals surface area contributed by atoms with Crippen LogP contribution >= 0.6 is 0 Å². The van der Waals surface area contributed by atoms with Crippen molar-refractivity contribution < 1.29 is 4.21 Å². The Bertz CT molecular complexity index is 653. The quantitative estimate of drug-likeness (QED) is 0.626. The minimum absolute atomic E-state index is 0.0432. The highest BCUT2D eigenvalue weighted by Crippen LogP contribution is 2.32. The Labute approximate surface area is 140 Å². The summed E-state index contributed by atoms with van der Waals surface area (Å²) in [4.78, 5) is 14.2. The van der Waals surface area contributed by atoms with Crippen LogP contribution in [0.5, 0.6) is 0 Å². The number of hydrogen-bond acceptors (Lipinski definition) is 5. The van der Waals surface area contributed by atoms with Crippen LogP contribution in [0, 0.1) is 5.92 Å². The lowest BCUT2D eigenvalue weighted by molar-refractivity contribution is 0.294. The molecule has 1 unspecified atom stereocenters. The van der Waals surface area contributed by atoms with Gasteiger partial charge in [-0.3, -0.25) is 5.32 Å². The molecule has 0 spiro atoms. The fraction of sp³-hybridized carbons (Fsp3) is 0.625. The molecule has 1 aliphatic carbocycles. The van der Waals surface area contributed by atoms with Crippen molar-refractivity contribution in [2.45, 2.75) is 44.0 Å². The van der Waals surface area contributed by atoms with Crippen LogP contribution in [0.3, 0.4) is 0 Å². The zero-order valence-corrected chi connectivity index (χ0v) is 14.5. The zero-order valence-electron chi connectivity index (χ0n) is 13.7. The van der Waals surface area contributed by atoms with Gasteiger partial charge in [0.25, 0.3) is 5.37 Å². The minimum Gasteiger partial charge on any atom is -0.356 e. The summed E-state index contributed by atoms with van der Waals surface area (Å²) in [5.74, 6) is 1.46. The normalized spacial score (nSPS) is 22.9. The number of anilines is 1. The van der Waals surface area contributed by atoms with E-state index in [1.807, 2.05) is 12.3 Å². The van der Waals surface area contributed by atoms with Gasteiger partial charge in [-0.15, -0.1) is 0 Å². The van der Waals surface area contributed by atoms with E-state index in [-0.39, 0.29) is 5.37 Å². The fourth-order valence-corrected chi connectivity index (χ4v) is 4.25. The van der Waals surface area contributed by atoms with E-state index >= 15 is 0 Å². The lowest BCUT2D eigenvalue weighted by Gasteiger charge is -2.35. The largest absolute Gasteiger partial charge is 0.479 e. The molecule has 0 aromatic carbocycles. The molecule has 0 saturated heterocycles. The Morgan fingerprint density at radius 1 is 1.39 bits per heavy atom. The zero-order chi connectivity index (χ0) is 16.2. The van der Waals surface area contributed by atoms with Crippen LogP contribution in [0.2, 0.25) is 0 Å². The van der Waals surface area contributed by atoms with E-state index in [2.05, 4.69) is 39.1 Å². The molecule has 1 aliphatic rings. The topological polar surface area (TPSA) is 73.9 Å². The lowest BCUT2D eigenvalue weighted by Crippen LogP contribution is -2.42. The summed E-state index contributed by atoms with van der Waals surface area (Å²) in [5, 5.41) is 4.42. The van der Waals surface area contributed by atoms with Crippen LogP contribution in [0.4, 0.5) is 5.82 Å². The molecular formula is C16H24N5OS+. The average Bonchev–Trinajstić information content (AvgIpc) is 3.08. The van der Waals surface area contributed by atoms with Gasteiger partial charge in [-0.1, -0.05) is 6.92 Å². The number of hydrogen-bond donors (Lipinski definition) is 2. The number of nitrogens with one attached hydrogen (secondary N) is 2. The van der Waals surface area contributed by atoms with Crippen LogP contribution in [0.25, 0.3) is 11.0 Å². The number of nitrogens with zero attached hydrogens (tertiary/aromatic N) is 3. The minimum atomic E-state index is 0.0432. The Balaban J connectivity index is 1.67. The van der Waals surface area contributed by atoms with Crippen LogP contribution in [0.15, 0.2) is 18.6 Å². The van der Waals surface area contributed by atoms with Crippen molar-refractivity contribution in [3.8, 4) is 0 Å². The van der Waals surface area contributed by atoms with Crippen LogP contribution in [0.1, 0.15) is 32.6 Å². The predicted molar refractivity (Wildman–Crippen MR) is 93.6 cm³/mol. The highest BCUT2D eigenvalue weighted by molar-refractivity contribution is 7.66. The predicted octanol–water partition coefficient (Wildman–Crippen LogP) is 2.32. The standard InChI is InChI=1S/C16H24N5OS/c1-3-17-16(23-22)11-4-6-12(7-5-11)21(2)15-13-8-9-18-14(13)19-10-20-15/h8-12,16-17H,3-7H2,1-2H3,(H,18,19,20)/q+1/t11-,12-,16?. The Hall–Kier alpha value is -1.60. The molecule has 2 heterocycles. The first-order chi connectivity index (χ1) is 11.2. The van der Waals surface area contributed by atoms with Crippen LogP contribution < -0.4 is 10.2 Å². The van der Waals surface area contributed by atoms with Crippen molar-refractivity contribution >= 4 is 28.5 Å². The van der Waals surface area contributed by atoms with Crippen molar-refractivity contribution in [1.29, 1.82) is 0 Å². The van der Waals surface area contributed by atoms with Crippen molar-refractivity contribution in [3.63, 3.8) is 0 Å². The third kappa shape index (κ3) is 3.35. The first kappa shape index (κ1) is 16.3. The molecule has 0 aliphatic heterocycles.